The second kappa shape index (κ2) is 5.61. The molecule has 1 amide bonds. The Kier molecular flexibility index (Phi) is 4.12. The molecule has 98 valence electrons. The summed E-state index contributed by atoms with van der Waals surface area (Å²) in [5.41, 5.74) is 6.70. The zero-order valence-corrected chi connectivity index (χ0v) is 11.3. The highest BCUT2D eigenvalue weighted by Crippen LogP contribution is 2.24. The molecule has 1 aromatic carbocycles. The van der Waals surface area contributed by atoms with Crippen molar-refractivity contribution in [2.75, 3.05) is 5.73 Å². The zero-order chi connectivity index (χ0) is 13.1. The third-order valence-corrected chi connectivity index (χ3v) is 3.94. The number of anilines is 1. The van der Waals surface area contributed by atoms with Crippen LogP contribution in [0.2, 0.25) is 5.02 Å². The van der Waals surface area contributed by atoms with E-state index in [1.165, 1.54) is 12.8 Å². The van der Waals surface area contributed by atoms with Gasteiger partial charge in [-0.2, -0.15) is 0 Å². The van der Waals surface area contributed by atoms with Gasteiger partial charge in [0.05, 0.1) is 10.7 Å². The zero-order valence-electron chi connectivity index (χ0n) is 10.6. The number of hydrogen-bond acceptors (Lipinski definition) is 2. The summed E-state index contributed by atoms with van der Waals surface area (Å²) in [6, 6.07) is 5.30. The highest BCUT2D eigenvalue weighted by Gasteiger charge is 2.20. The quantitative estimate of drug-likeness (QED) is 0.808. The van der Waals surface area contributed by atoms with Crippen LogP contribution in [-0.2, 0) is 0 Å². The number of hydrogen-bond donors (Lipinski definition) is 2. The van der Waals surface area contributed by atoms with Crippen LogP contribution in [0.1, 0.15) is 43.0 Å². The first-order chi connectivity index (χ1) is 8.56. The number of nitrogen functional groups attached to an aromatic ring is 1. The normalized spacial score (nSPS) is 23.7. The number of rotatable bonds is 2. The Morgan fingerprint density at radius 3 is 2.61 bits per heavy atom. The molecule has 1 aliphatic rings. The number of halogens is 1. The van der Waals surface area contributed by atoms with Crippen LogP contribution in [0.3, 0.4) is 0 Å². The summed E-state index contributed by atoms with van der Waals surface area (Å²) in [5, 5.41) is 3.49. The van der Waals surface area contributed by atoms with Gasteiger partial charge in [-0.15, -0.1) is 0 Å². The summed E-state index contributed by atoms with van der Waals surface area (Å²) in [6.07, 6.45) is 4.51. The Morgan fingerprint density at radius 1 is 1.33 bits per heavy atom. The van der Waals surface area contributed by atoms with Crippen molar-refractivity contribution >= 4 is 23.2 Å². The largest absolute Gasteiger partial charge is 0.398 e. The molecule has 0 aromatic heterocycles. The minimum Gasteiger partial charge on any atom is -0.398 e. The molecule has 4 heteroatoms. The smallest absolute Gasteiger partial charge is 0.251 e. The van der Waals surface area contributed by atoms with Crippen LogP contribution in [-0.4, -0.2) is 11.9 Å². The monoisotopic (exact) mass is 266 g/mol. The fourth-order valence-electron chi connectivity index (χ4n) is 2.34. The topological polar surface area (TPSA) is 55.1 Å². The standard InChI is InChI=1S/C14H19ClN2O/c1-9-2-5-11(6-3-9)17-14(18)10-4-7-13(16)12(15)8-10/h4,7-9,11H,2-3,5-6,16H2,1H3,(H,17,18). The summed E-state index contributed by atoms with van der Waals surface area (Å²) >= 11 is 5.91. The molecular weight excluding hydrogens is 248 g/mol. The van der Waals surface area contributed by atoms with Gasteiger partial charge in [0.15, 0.2) is 0 Å². The van der Waals surface area contributed by atoms with Crippen molar-refractivity contribution in [3.8, 4) is 0 Å². The van der Waals surface area contributed by atoms with Gasteiger partial charge in [-0.1, -0.05) is 18.5 Å². The highest BCUT2D eigenvalue weighted by molar-refractivity contribution is 6.33. The molecule has 3 N–H and O–H groups in total. The van der Waals surface area contributed by atoms with Gasteiger partial charge in [-0.3, -0.25) is 4.79 Å². The van der Waals surface area contributed by atoms with Crippen LogP contribution < -0.4 is 11.1 Å². The van der Waals surface area contributed by atoms with Crippen molar-refractivity contribution in [3.63, 3.8) is 0 Å². The maximum absolute atomic E-state index is 12.0. The number of benzene rings is 1. The van der Waals surface area contributed by atoms with E-state index in [1.54, 1.807) is 18.2 Å². The molecule has 0 atom stereocenters. The molecule has 18 heavy (non-hydrogen) atoms. The van der Waals surface area contributed by atoms with Gasteiger partial charge in [0.1, 0.15) is 0 Å². The van der Waals surface area contributed by atoms with Crippen LogP contribution in [0, 0.1) is 5.92 Å². The van der Waals surface area contributed by atoms with Gasteiger partial charge in [0.25, 0.3) is 5.91 Å². The minimum absolute atomic E-state index is 0.0588. The van der Waals surface area contributed by atoms with Gasteiger partial charge in [0.2, 0.25) is 0 Å². The average Bonchev–Trinajstić information content (AvgIpc) is 2.35. The van der Waals surface area contributed by atoms with Crippen LogP contribution in [0.25, 0.3) is 0 Å². The third kappa shape index (κ3) is 3.16. The Bertz CT molecular complexity index is 439. The molecule has 0 saturated heterocycles. The molecule has 0 aliphatic heterocycles. The molecule has 0 bridgehead atoms. The maximum Gasteiger partial charge on any atom is 0.251 e. The van der Waals surface area contributed by atoms with Crippen molar-refractivity contribution in [1.82, 2.24) is 5.32 Å². The molecule has 1 saturated carbocycles. The van der Waals surface area contributed by atoms with Gasteiger partial charge in [-0.25, -0.2) is 0 Å². The molecule has 0 radical (unpaired) electrons. The minimum atomic E-state index is -0.0588. The second-order valence-electron chi connectivity index (χ2n) is 5.17. The third-order valence-electron chi connectivity index (χ3n) is 3.61. The van der Waals surface area contributed by atoms with E-state index in [2.05, 4.69) is 12.2 Å². The number of amides is 1. The first-order valence-corrected chi connectivity index (χ1v) is 6.80. The SMILES string of the molecule is CC1CCC(NC(=O)c2ccc(N)c(Cl)c2)CC1. The molecule has 0 heterocycles. The number of nitrogens with two attached hydrogens (primary N) is 1. The lowest BCUT2D eigenvalue weighted by atomic mass is 9.87. The Balaban J connectivity index is 1.97. The maximum atomic E-state index is 12.0. The Morgan fingerprint density at radius 2 is 2.00 bits per heavy atom. The van der Waals surface area contributed by atoms with E-state index in [9.17, 15) is 4.79 Å². The van der Waals surface area contributed by atoms with Crippen LogP contribution in [0.5, 0.6) is 0 Å². The fraction of sp³-hybridized carbons (Fsp3) is 0.500. The van der Waals surface area contributed by atoms with Gasteiger partial charge in [0, 0.05) is 11.6 Å². The molecule has 1 fully saturated rings. The van der Waals surface area contributed by atoms with E-state index in [-0.39, 0.29) is 5.91 Å². The highest BCUT2D eigenvalue weighted by atomic mass is 35.5. The number of carbonyl (C=O) groups is 1. The van der Waals surface area contributed by atoms with Crippen molar-refractivity contribution in [2.45, 2.75) is 38.6 Å². The molecule has 0 spiro atoms. The lowest BCUT2D eigenvalue weighted by Crippen LogP contribution is -2.37. The molecule has 1 aliphatic carbocycles. The van der Waals surface area contributed by atoms with Crippen molar-refractivity contribution < 1.29 is 4.79 Å². The summed E-state index contributed by atoms with van der Waals surface area (Å²) in [5.74, 6) is 0.723. The van der Waals surface area contributed by atoms with Crippen LogP contribution >= 0.6 is 11.6 Å². The van der Waals surface area contributed by atoms with E-state index < -0.39 is 0 Å². The average molecular weight is 267 g/mol. The molecule has 3 nitrogen and oxygen atoms in total. The summed E-state index contributed by atoms with van der Waals surface area (Å²) < 4.78 is 0. The van der Waals surface area contributed by atoms with Crippen LogP contribution in [0.15, 0.2) is 18.2 Å². The van der Waals surface area contributed by atoms with E-state index >= 15 is 0 Å². The molecular formula is C14H19ClN2O. The van der Waals surface area contributed by atoms with Crippen molar-refractivity contribution in [2.24, 2.45) is 5.92 Å². The Hall–Kier alpha value is -1.22. The van der Waals surface area contributed by atoms with Gasteiger partial charge in [-0.05, 0) is 49.8 Å². The van der Waals surface area contributed by atoms with Crippen molar-refractivity contribution in [1.29, 1.82) is 0 Å². The lowest BCUT2D eigenvalue weighted by Gasteiger charge is -2.26. The van der Waals surface area contributed by atoms with Crippen molar-refractivity contribution in [3.05, 3.63) is 28.8 Å². The summed E-state index contributed by atoms with van der Waals surface area (Å²) in [7, 11) is 0. The second-order valence-corrected chi connectivity index (χ2v) is 5.57. The Labute approximate surface area is 113 Å². The first-order valence-electron chi connectivity index (χ1n) is 6.42. The number of nitrogens with one attached hydrogen (secondary N) is 1. The predicted octanol–water partition coefficient (Wildman–Crippen LogP) is 3.23. The lowest BCUT2D eigenvalue weighted by molar-refractivity contribution is 0.0923. The molecule has 2 rings (SSSR count). The van der Waals surface area contributed by atoms with Crippen LogP contribution in [0.4, 0.5) is 5.69 Å². The van der Waals surface area contributed by atoms with Gasteiger partial charge < -0.3 is 11.1 Å². The fourth-order valence-corrected chi connectivity index (χ4v) is 2.52. The molecule has 0 unspecified atom stereocenters. The number of carbonyl (C=O) groups excluding carboxylic acids is 1. The van der Waals surface area contributed by atoms with E-state index in [4.69, 9.17) is 17.3 Å². The van der Waals surface area contributed by atoms with E-state index in [1.807, 2.05) is 0 Å². The van der Waals surface area contributed by atoms with E-state index in [0.717, 1.165) is 18.8 Å². The predicted molar refractivity (Wildman–Crippen MR) is 74.8 cm³/mol. The van der Waals surface area contributed by atoms with Gasteiger partial charge >= 0.3 is 0 Å². The first kappa shape index (κ1) is 13.2. The van der Waals surface area contributed by atoms with E-state index in [0.29, 0.717) is 22.3 Å². The summed E-state index contributed by atoms with van der Waals surface area (Å²) in [4.78, 5) is 12.0. The molecule has 1 aromatic rings. The summed E-state index contributed by atoms with van der Waals surface area (Å²) in [6.45, 7) is 2.26.